The van der Waals surface area contributed by atoms with Crippen LogP contribution in [0.2, 0.25) is 0 Å². The van der Waals surface area contributed by atoms with Gasteiger partial charge >= 0.3 is 0 Å². The fraction of sp³-hybridized carbons (Fsp3) is 0.250. The van der Waals surface area contributed by atoms with E-state index in [0.717, 1.165) is 5.56 Å². The molecule has 0 bridgehead atoms. The zero-order valence-corrected chi connectivity index (χ0v) is 6.98. The zero-order valence-electron chi connectivity index (χ0n) is 6.98. The standard InChI is InChI=1S/C8H10NO3/c1-7-5-3-4-6-8(7)12-9(10)11-2/h3-6H,1-2H3/q-1. The molecule has 0 amide bonds. The van der Waals surface area contributed by atoms with E-state index in [1.165, 1.54) is 7.11 Å². The third-order valence-corrected chi connectivity index (χ3v) is 1.42. The lowest BCUT2D eigenvalue weighted by Gasteiger charge is -2.24. The summed E-state index contributed by atoms with van der Waals surface area (Å²) in [6.07, 6.45) is 0. The van der Waals surface area contributed by atoms with E-state index in [0.29, 0.717) is 5.75 Å². The van der Waals surface area contributed by atoms with E-state index in [4.69, 9.17) is 4.84 Å². The third-order valence-electron chi connectivity index (χ3n) is 1.42. The lowest BCUT2D eigenvalue weighted by Crippen LogP contribution is -2.19. The summed E-state index contributed by atoms with van der Waals surface area (Å²) in [5.74, 6) is 0.495. The second kappa shape index (κ2) is 4.06. The van der Waals surface area contributed by atoms with E-state index in [1.54, 1.807) is 12.1 Å². The van der Waals surface area contributed by atoms with Gasteiger partial charge in [0.1, 0.15) is 0 Å². The van der Waals surface area contributed by atoms with E-state index in [2.05, 4.69) is 4.84 Å². The first kappa shape index (κ1) is 8.99. The largest absolute Gasteiger partial charge is 0.728 e. The van der Waals surface area contributed by atoms with Crippen LogP contribution >= 0.6 is 0 Å². The van der Waals surface area contributed by atoms with E-state index in [1.807, 2.05) is 19.1 Å². The van der Waals surface area contributed by atoms with Crippen molar-refractivity contribution in [3.63, 3.8) is 0 Å². The second-order valence-corrected chi connectivity index (χ2v) is 2.26. The minimum absolute atomic E-state index is 0.0579. The van der Waals surface area contributed by atoms with Crippen LogP contribution in [0.25, 0.3) is 0 Å². The lowest BCUT2D eigenvalue weighted by atomic mass is 10.2. The Morgan fingerprint density at radius 3 is 2.58 bits per heavy atom. The molecule has 0 aliphatic carbocycles. The van der Waals surface area contributed by atoms with Crippen LogP contribution in [0.3, 0.4) is 0 Å². The summed E-state index contributed by atoms with van der Waals surface area (Å²) >= 11 is 0. The maximum Gasteiger partial charge on any atom is 0.152 e. The number of hydrogen-bond acceptors (Lipinski definition) is 4. The molecule has 0 unspecified atom stereocenters. The summed E-state index contributed by atoms with van der Waals surface area (Å²) in [4.78, 5) is 9.01. The van der Waals surface area contributed by atoms with Crippen LogP contribution in [0.5, 0.6) is 5.75 Å². The summed E-state index contributed by atoms with van der Waals surface area (Å²) in [5.41, 5.74) is 0.885. The molecule has 66 valence electrons. The molecular weight excluding hydrogens is 158 g/mol. The molecule has 1 aromatic carbocycles. The lowest BCUT2D eigenvalue weighted by molar-refractivity contribution is -0.265. The SMILES string of the molecule is CON([O-])Oc1ccccc1C. The van der Waals surface area contributed by atoms with Crippen molar-refractivity contribution in [3.05, 3.63) is 35.0 Å². The molecule has 4 nitrogen and oxygen atoms in total. The van der Waals surface area contributed by atoms with Gasteiger partial charge < -0.3 is 10.0 Å². The molecule has 0 atom stereocenters. The molecule has 0 N–H and O–H groups in total. The fourth-order valence-electron chi connectivity index (χ4n) is 0.776. The summed E-state index contributed by atoms with van der Waals surface area (Å²) in [6, 6.07) is 7.19. The summed E-state index contributed by atoms with van der Waals surface area (Å²) < 4.78 is 0. The van der Waals surface area contributed by atoms with Crippen LogP contribution in [-0.2, 0) is 4.84 Å². The highest BCUT2D eigenvalue weighted by atomic mass is 17.1. The predicted molar refractivity (Wildman–Crippen MR) is 44.0 cm³/mol. The molecule has 0 saturated carbocycles. The molecule has 0 heterocycles. The molecule has 1 rings (SSSR count). The minimum atomic E-state index is 0.0579. The van der Waals surface area contributed by atoms with Crippen molar-refractivity contribution >= 4 is 0 Å². The Balaban J connectivity index is 2.69. The fourth-order valence-corrected chi connectivity index (χ4v) is 0.776. The molecular formula is C8H10NO3-. The maximum absolute atomic E-state index is 10.6. The Labute approximate surface area is 70.8 Å². The number of para-hydroxylation sites is 1. The highest BCUT2D eigenvalue weighted by Gasteiger charge is 1.97. The molecule has 0 fully saturated rings. The molecule has 0 aliphatic heterocycles. The van der Waals surface area contributed by atoms with E-state index in [-0.39, 0.29) is 5.39 Å². The Bertz CT molecular complexity index is 252. The number of aryl methyl sites for hydroxylation is 1. The van der Waals surface area contributed by atoms with E-state index >= 15 is 0 Å². The molecule has 12 heavy (non-hydrogen) atoms. The number of rotatable bonds is 3. The van der Waals surface area contributed by atoms with Crippen LogP contribution in [-0.4, -0.2) is 12.5 Å². The smallest absolute Gasteiger partial charge is 0.152 e. The van der Waals surface area contributed by atoms with Crippen LogP contribution in [0, 0.1) is 12.1 Å². The Morgan fingerprint density at radius 2 is 2.00 bits per heavy atom. The van der Waals surface area contributed by atoms with Gasteiger partial charge in [-0.1, -0.05) is 23.6 Å². The van der Waals surface area contributed by atoms with Crippen molar-refractivity contribution in [2.45, 2.75) is 6.92 Å². The normalized spacial score (nSPS) is 10.3. The van der Waals surface area contributed by atoms with Gasteiger partial charge in [-0.05, 0) is 18.6 Å². The molecule has 0 saturated heterocycles. The number of benzene rings is 1. The summed E-state index contributed by atoms with van der Waals surface area (Å²) in [7, 11) is 1.24. The van der Waals surface area contributed by atoms with Gasteiger partial charge in [-0.3, -0.25) is 4.84 Å². The van der Waals surface area contributed by atoms with E-state index in [9.17, 15) is 5.21 Å². The number of nitrogens with zero attached hydrogens (tertiary/aromatic N) is 1. The van der Waals surface area contributed by atoms with Gasteiger partial charge in [0.2, 0.25) is 0 Å². The molecule has 4 heteroatoms. The average Bonchev–Trinajstić information content (AvgIpc) is 2.09. The third kappa shape index (κ3) is 2.20. The van der Waals surface area contributed by atoms with Gasteiger partial charge in [0.15, 0.2) is 5.75 Å². The minimum Gasteiger partial charge on any atom is -0.728 e. The van der Waals surface area contributed by atoms with Crippen molar-refractivity contribution in [1.29, 1.82) is 0 Å². The first-order valence-electron chi connectivity index (χ1n) is 3.49. The quantitative estimate of drug-likeness (QED) is 0.644. The van der Waals surface area contributed by atoms with Crippen molar-refractivity contribution in [1.82, 2.24) is 5.39 Å². The van der Waals surface area contributed by atoms with Crippen molar-refractivity contribution in [2.75, 3.05) is 7.11 Å². The summed E-state index contributed by atoms with van der Waals surface area (Å²) in [5, 5.41) is 10.7. The van der Waals surface area contributed by atoms with Crippen molar-refractivity contribution in [3.8, 4) is 5.75 Å². The Hall–Kier alpha value is -1.10. The molecule has 0 aromatic heterocycles. The highest BCUT2D eigenvalue weighted by Crippen LogP contribution is 2.16. The van der Waals surface area contributed by atoms with Crippen LogP contribution < -0.4 is 4.84 Å². The van der Waals surface area contributed by atoms with Crippen LogP contribution in [0.4, 0.5) is 0 Å². The molecule has 0 spiro atoms. The van der Waals surface area contributed by atoms with E-state index < -0.39 is 0 Å². The topological polar surface area (TPSA) is 44.8 Å². The predicted octanol–water partition coefficient (Wildman–Crippen LogP) is 1.65. The first-order valence-corrected chi connectivity index (χ1v) is 3.49. The van der Waals surface area contributed by atoms with Crippen LogP contribution in [0.15, 0.2) is 24.3 Å². The number of hydrogen-bond donors (Lipinski definition) is 0. The van der Waals surface area contributed by atoms with Crippen LogP contribution in [0.1, 0.15) is 5.56 Å². The maximum atomic E-state index is 10.6. The van der Waals surface area contributed by atoms with Gasteiger partial charge in [0, 0.05) is 0 Å². The van der Waals surface area contributed by atoms with Gasteiger partial charge in [-0.2, -0.15) is 0 Å². The second-order valence-electron chi connectivity index (χ2n) is 2.26. The Kier molecular flexibility index (Phi) is 3.04. The average molecular weight is 168 g/mol. The Morgan fingerprint density at radius 1 is 1.33 bits per heavy atom. The first-order chi connectivity index (χ1) is 5.74. The van der Waals surface area contributed by atoms with Crippen molar-refractivity contribution < 1.29 is 9.68 Å². The highest BCUT2D eigenvalue weighted by molar-refractivity contribution is 5.31. The van der Waals surface area contributed by atoms with Gasteiger partial charge in [-0.25, -0.2) is 0 Å². The van der Waals surface area contributed by atoms with Gasteiger partial charge in [-0.15, -0.1) is 0 Å². The van der Waals surface area contributed by atoms with Gasteiger partial charge in [0.25, 0.3) is 0 Å². The molecule has 0 radical (unpaired) electrons. The molecule has 0 aliphatic rings. The zero-order chi connectivity index (χ0) is 8.97. The summed E-state index contributed by atoms with van der Waals surface area (Å²) in [6.45, 7) is 1.85. The molecule has 1 aromatic rings. The van der Waals surface area contributed by atoms with Gasteiger partial charge in [0.05, 0.1) is 7.11 Å². The van der Waals surface area contributed by atoms with Crippen molar-refractivity contribution in [2.24, 2.45) is 0 Å². The monoisotopic (exact) mass is 168 g/mol.